The lowest BCUT2D eigenvalue weighted by Crippen LogP contribution is -2.12. The van der Waals surface area contributed by atoms with Gasteiger partial charge < -0.3 is 14.5 Å². The molecule has 152 valence electrons. The number of aromatic nitrogens is 2. The molecule has 0 aliphatic heterocycles. The van der Waals surface area contributed by atoms with Gasteiger partial charge in [-0.2, -0.15) is 0 Å². The standard InChI is InChI=1S/C22H19N3O4S/c1-30(27,28)20-9-4-6-16(12-20)22(26)24-17-7-5-8-19(13-17)29-15-18-14-25-11-3-2-10-21(25)23-18/h2-14H,15H2,1H3,(H,24,26). The fourth-order valence-corrected chi connectivity index (χ4v) is 3.62. The number of carbonyl (C=O) groups is 1. The topological polar surface area (TPSA) is 89.8 Å². The molecule has 30 heavy (non-hydrogen) atoms. The molecule has 0 aliphatic carbocycles. The molecule has 1 amide bonds. The zero-order valence-electron chi connectivity index (χ0n) is 16.1. The number of amides is 1. The monoisotopic (exact) mass is 421 g/mol. The molecule has 4 rings (SSSR count). The van der Waals surface area contributed by atoms with E-state index < -0.39 is 15.7 Å². The van der Waals surface area contributed by atoms with Crippen molar-refractivity contribution in [2.45, 2.75) is 11.5 Å². The van der Waals surface area contributed by atoms with Gasteiger partial charge in [0.15, 0.2) is 9.84 Å². The van der Waals surface area contributed by atoms with Crippen LogP contribution in [0.5, 0.6) is 5.75 Å². The Balaban J connectivity index is 1.45. The maximum Gasteiger partial charge on any atom is 0.255 e. The van der Waals surface area contributed by atoms with Crippen LogP contribution in [0.3, 0.4) is 0 Å². The summed E-state index contributed by atoms with van der Waals surface area (Å²) in [6.07, 6.45) is 4.92. The Kier molecular flexibility index (Phi) is 5.24. The predicted octanol–water partition coefficient (Wildman–Crippen LogP) is 3.57. The van der Waals surface area contributed by atoms with Gasteiger partial charge in [-0.3, -0.25) is 4.79 Å². The van der Waals surface area contributed by atoms with Gasteiger partial charge in [0, 0.05) is 36.0 Å². The van der Waals surface area contributed by atoms with E-state index in [1.54, 1.807) is 36.4 Å². The minimum absolute atomic E-state index is 0.0969. The lowest BCUT2D eigenvalue weighted by atomic mass is 10.2. The summed E-state index contributed by atoms with van der Waals surface area (Å²) in [4.78, 5) is 17.1. The highest BCUT2D eigenvalue weighted by molar-refractivity contribution is 7.90. The highest BCUT2D eigenvalue weighted by atomic mass is 32.2. The molecule has 1 N–H and O–H groups in total. The van der Waals surface area contributed by atoms with Crippen molar-refractivity contribution in [2.24, 2.45) is 0 Å². The van der Waals surface area contributed by atoms with Crippen molar-refractivity contribution in [1.82, 2.24) is 9.38 Å². The molecule has 0 unspecified atom stereocenters. The molecule has 0 aliphatic rings. The average molecular weight is 421 g/mol. The van der Waals surface area contributed by atoms with Crippen LogP contribution in [0.4, 0.5) is 5.69 Å². The number of sulfone groups is 1. The lowest BCUT2D eigenvalue weighted by molar-refractivity contribution is 0.102. The third-order valence-electron chi connectivity index (χ3n) is 4.42. The highest BCUT2D eigenvalue weighted by Crippen LogP contribution is 2.20. The van der Waals surface area contributed by atoms with Crippen molar-refractivity contribution in [3.63, 3.8) is 0 Å². The second-order valence-electron chi connectivity index (χ2n) is 6.77. The second-order valence-corrected chi connectivity index (χ2v) is 8.78. The van der Waals surface area contributed by atoms with Gasteiger partial charge in [0.25, 0.3) is 5.91 Å². The summed E-state index contributed by atoms with van der Waals surface area (Å²) in [7, 11) is -3.39. The predicted molar refractivity (Wildman–Crippen MR) is 113 cm³/mol. The van der Waals surface area contributed by atoms with E-state index in [1.165, 1.54) is 12.1 Å². The molecule has 0 fully saturated rings. The molecule has 0 saturated heterocycles. The van der Waals surface area contributed by atoms with E-state index in [-0.39, 0.29) is 17.1 Å². The van der Waals surface area contributed by atoms with Gasteiger partial charge >= 0.3 is 0 Å². The van der Waals surface area contributed by atoms with Crippen molar-refractivity contribution in [3.05, 3.63) is 90.4 Å². The number of ether oxygens (including phenoxy) is 1. The average Bonchev–Trinajstić information content (AvgIpc) is 3.15. The van der Waals surface area contributed by atoms with Gasteiger partial charge in [-0.05, 0) is 42.5 Å². The van der Waals surface area contributed by atoms with Crippen molar-refractivity contribution >= 4 is 27.1 Å². The summed E-state index contributed by atoms with van der Waals surface area (Å²) in [5.74, 6) is 0.174. The number of pyridine rings is 1. The number of benzene rings is 2. The molecule has 7 nitrogen and oxygen atoms in total. The number of imidazole rings is 1. The van der Waals surface area contributed by atoms with Gasteiger partial charge in [0.05, 0.1) is 10.6 Å². The molecule has 0 bridgehead atoms. The first kappa shape index (κ1) is 19.7. The summed E-state index contributed by atoms with van der Waals surface area (Å²) in [6, 6.07) is 18.7. The number of fused-ring (bicyclic) bond motifs is 1. The molecule has 2 heterocycles. The van der Waals surface area contributed by atoms with E-state index in [0.29, 0.717) is 11.4 Å². The number of nitrogens with zero attached hydrogens (tertiary/aromatic N) is 2. The summed E-state index contributed by atoms with van der Waals surface area (Å²) >= 11 is 0. The molecule has 8 heteroatoms. The van der Waals surface area contributed by atoms with Crippen LogP contribution in [0.1, 0.15) is 16.1 Å². The van der Waals surface area contributed by atoms with E-state index >= 15 is 0 Å². The van der Waals surface area contributed by atoms with Crippen LogP contribution < -0.4 is 10.1 Å². The van der Waals surface area contributed by atoms with Crippen LogP contribution in [0.25, 0.3) is 5.65 Å². The molecule has 0 radical (unpaired) electrons. The molecular formula is C22H19N3O4S. The maximum absolute atomic E-state index is 12.5. The Morgan fingerprint density at radius 2 is 1.90 bits per heavy atom. The first-order chi connectivity index (χ1) is 14.4. The number of nitrogens with one attached hydrogen (secondary N) is 1. The number of carbonyl (C=O) groups excluding carboxylic acids is 1. The number of anilines is 1. The highest BCUT2D eigenvalue weighted by Gasteiger charge is 2.12. The van der Waals surface area contributed by atoms with Crippen molar-refractivity contribution in [3.8, 4) is 5.75 Å². The summed E-state index contributed by atoms with van der Waals surface area (Å²) in [5, 5.41) is 2.76. The number of hydrogen-bond acceptors (Lipinski definition) is 5. The first-order valence-corrected chi connectivity index (χ1v) is 11.0. The minimum atomic E-state index is -3.39. The smallest absolute Gasteiger partial charge is 0.255 e. The molecule has 0 spiro atoms. The third-order valence-corrected chi connectivity index (χ3v) is 5.53. The summed E-state index contributed by atoms with van der Waals surface area (Å²) in [5.41, 5.74) is 2.42. The van der Waals surface area contributed by atoms with Crippen molar-refractivity contribution < 1.29 is 17.9 Å². The van der Waals surface area contributed by atoms with Gasteiger partial charge in [-0.25, -0.2) is 13.4 Å². The normalized spacial score (nSPS) is 11.4. The zero-order valence-corrected chi connectivity index (χ0v) is 17.0. The van der Waals surface area contributed by atoms with E-state index in [0.717, 1.165) is 17.6 Å². The molecule has 2 aromatic heterocycles. The molecular weight excluding hydrogens is 402 g/mol. The number of hydrogen-bond donors (Lipinski definition) is 1. The summed E-state index contributed by atoms with van der Waals surface area (Å²) < 4.78 is 31.1. The van der Waals surface area contributed by atoms with Crippen molar-refractivity contribution in [2.75, 3.05) is 11.6 Å². The van der Waals surface area contributed by atoms with E-state index in [4.69, 9.17) is 4.74 Å². The maximum atomic E-state index is 12.5. The fraction of sp³-hybridized carbons (Fsp3) is 0.0909. The third kappa shape index (κ3) is 4.49. The Bertz CT molecular complexity index is 1300. The Hall–Kier alpha value is -3.65. The Labute approximate surface area is 173 Å². The van der Waals surface area contributed by atoms with E-state index in [1.807, 2.05) is 35.0 Å². The Morgan fingerprint density at radius 1 is 1.07 bits per heavy atom. The van der Waals surface area contributed by atoms with E-state index in [2.05, 4.69) is 10.3 Å². The molecule has 2 aromatic carbocycles. The van der Waals surface area contributed by atoms with Crippen LogP contribution in [-0.4, -0.2) is 30.0 Å². The number of rotatable bonds is 6. The van der Waals surface area contributed by atoms with E-state index in [9.17, 15) is 13.2 Å². The van der Waals surface area contributed by atoms with Gasteiger partial charge in [0.1, 0.15) is 18.0 Å². The molecule has 0 atom stereocenters. The minimum Gasteiger partial charge on any atom is -0.487 e. The van der Waals surface area contributed by atoms with Crippen LogP contribution in [-0.2, 0) is 16.4 Å². The van der Waals surface area contributed by atoms with Crippen LogP contribution in [0, 0.1) is 0 Å². The van der Waals surface area contributed by atoms with Crippen LogP contribution in [0.2, 0.25) is 0 Å². The van der Waals surface area contributed by atoms with Gasteiger partial charge in [-0.15, -0.1) is 0 Å². The fourth-order valence-electron chi connectivity index (χ4n) is 2.95. The Morgan fingerprint density at radius 3 is 2.70 bits per heavy atom. The zero-order chi connectivity index (χ0) is 21.1. The molecule has 4 aromatic rings. The largest absolute Gasteiger partial charge is 0.487 e. The second kappa shape index (κ2) is 8.00. The van der Waals surface area contributed by atoms with Crippen LogP contribution in [0.15, 0.2) is 84.0 Å². The first-order valence-electron chi connectivity index (χ1n) is 9.15. The lowest BCUT2D eigenvalue weighted by Gasteiger charge is -2.09. The van der Waals surface area contributed by atoms with Gasteiger partial charge in [-0.1, -0.05) is 18.2 Å². The summed E-state index contributed by atoms with van der Waals surface area (Å²) in [6.45, 7) is 0.287. The quantitative estimate of drug-likeness (QED) is 0.514. The van der Waals surface area contributed by atoms with Crippen LogP contribution >= 0.6 is 0 Å². The van der Waals surface area contributed by atoms with Gasteiger partial charge in [0.2, 0.25) is 0 Å². The SMILES string of the molecule is CS(=O)(=O)c1cccc(C(=O)Nc2cccc(OCc3cn4ccccc4n3)c2)c1. The molecule has 0 saturated carbocycles. The van der Waals surface area contributed by atoms with Crippen molar-refractivity contribution in [1.29, 1.82) is 0 Å².